The van der Waals surface area contributed by atoms with Gasteiger partial charge in [-0.15, -0.1) is 0 Å². The zero-order valence-corrected chi connectivity index (χ0v) is 30.1. The number of fused-ring (bicyclic) bond motifs is 5. The van der Waals surface area contributed by atoms with E-state index >= 15 is 0 Å². The Balaban J connectivity index is 1.10. The van der Waals surface area contributed by atoms with Gasteiger partial charge in [0.15, 0.2) is 0 Å². The van der Waals surface area contributed by atoms with Gasteiger partial charge in [-0.1, -0.05) is 115 Å². The first-order valence-corrected chi connectivity index (χ1v) is 19.9. The number of ether oxygens (including phenoxy) is 2. The van der Waals surface area contributed by atoms with E-state index in [1.807, 2.05) is 0 Å². The monoisotopic (exact) mass is 691 g/mol. The Morgan fingerprint density at radius 2 is 1.53 bits per heavy atom. The van der Waals surface area contributed by atoms with Crippen LogP contribution in [-0.4, -0.2) is 12.1 Å². The zero-order valence-electron chi connectivity index (χ0n) is 30.1. The van der Waals surface area contributed by atoms with Crippen LogP contribution in [0.15, 0.2) is 185 Å². The number of para-hydroxylation sites is 3. The molecule has 5 aliphatic carbocycles. The topological polar surface area (TPSA) is 21.7 Å². The van der Waals surface area contributed by atoms with Crippen molar-refractivity contribution in [2.45, 2.75) is 68.9 Å². The second kappa shape index (κ2) is 12.7. The second-order valence-electron chi connectivity index (χ2n) is 15.9. The summed E-state index contributed by atoms with van der Waals surface area (Å²) in [5.41, 5.74) is 12.7. The highest BCUT2D eigenvalue weighted by Gasteiger charge is 2.51. The summed E-state index contributed by atoms with van der Waals surface area (Å²) < 4.78 is 14.0. The molecule has 11 rings (SSSR count). The lowest BCUT2D eigenvalue weighted by Crippen LogP contribution is -2.43. The Labute approximate surface area is 313 Å². The molecule has 0 bridgehead atoms. The molecule has 8 aliphatic rings. The number of anilines is 2. The molecular formula is C50H45NO2. The van der Waals surface area contributed by atoms with Crippen molar-refractivity contribution in [2.75, 3.05) is 4.90 Å². The Kier molecular flexibility index (Phi) is 7.49. The maximum absolute atomic E-state index is 7.23. The summed E-state index contributed by atoms with van der Waals surface area (Å²) in [6, 6.07) is 29.4. The second-order valence-corrected chi connectivity index (χ2v) is 15.9. The molecule has 0 saturated carbocycles. The van der Waals surface area contributed by atoms with E-state index in [4.69, 9.17) is 9.47 Å². The van der Waals surface area contributed by atoms with Crippen molar-refractivity contribution in [2.24, 2.45) is 17.8 Å². The van der Waals surface area contributed by atoms with Gasteiger partial charge in [0, 0.05) is 59.4 Å². The summed E-state index contributed by atoms with van der Waals surface area (Å²) in [6.45, 7) is 0. The molecule has 53 heavy (non-hydrogen) atoms. The maximum atomic E-state index is 7.23. The number of hydrogen-bond acceptors (Lipinski definition) is 3. The van der Waals surface area contributed by atoms with Crippen molar-refractivity contribution < 1.29 is 9.47 Å². The van der Waals surface area contributed by atoms with Crippen molar-refractivity contribution in [3.05, 3.63) is 196 Å². The normalized spacial score (nSPS) is 30.5. The van der Waals surface area contributed by atoms with Gasteiger partial charge in [-0.3, -0.25) is 0 Å². The average molecular weight is 692 g/mol. The summed E-state index contributed by atoms with van der Waals surface area (Å²) in [7, 11) is 0. The van der Waals surface area contributed by atoms with E-state index in [9.17, 15) is 0 Å². The SMILES string of the molecule is C1=CCCC(C2=CC3=C(CC2)OC2=C(C(C4CC=CC5c6ccccc6N(c6ccccc6)C45)=CCC2)C3C2c3ccccc3OC3C=CC=CC32)=C1. The van der Waals surface area contributed by atoms with E-state index in [1.165, 1.54) is 61.9 Å². The first-order chi connectivity index (χ1) is 26.3. The van der Waals surface area contributed by atoms with Crippen LogP contribution < -0.4 is 9.64 Å². The van der Waals surface area contributed by atoms with Gasteiger partial charge in [-0.05, 0) is 95.9 Å². The number of nitrogens with zero attached hydrogens (tertiary/aromatic N) is 1. The van der Waals surface area contributed by atoms with E-state index in [2.05, 4.69) is 151 Å². The third-order valence-electron chi connectivity index (χ3n) is 13.2. The molecule has 262 valence electrons. The van der Waals surface area contributed by atoms with Crippen molar-refractivity contribution in [3.8, 4) is 5.75 Å². The van der Waals surface area contributed by atoms with Crippen LogP contribution in [0.1, 0.15) is 67.9 Å². The highest BCUT2D eigenvalue weighted by atomic mass is 16.5. The summed E-state index contributed by atoms with van der Waals surface area (Å²) >= 11 is 0. The number of benzene rings is 3. The lowest BCUT2D eigenvalue weighted by molar-refractivity contribution is 0.138. The third-order valence-corrected chi connectivity index (χ3v) is 13.2. The minimum atomic E-state index is 0.00462. The molecule has 3 aromatic carbocycles. The van der Waals surface area contributed by atoms with Crippen molar-refractivity contribution in [3.63, 3.8) is 0 Å². The lowest BCUT2D eigenvalue weighted by Gasteiger charge is -2.48. The smallest absolute Gasteiger partial charge is 0.124 e. The molecule has 0 N–H and O–H groups in total. The molecule has 0 aromatic heterocycles. The summed E-state index contributed by atoms with van der Waals surface area (Å²) in [4.78, 5) is 2.67. The van der Waals surface area contributed by atoms with Gasteiger partial charge in [0.1, 0.15) is 23.4 Å². The molecule has 0 saturated heterocycles. The van der Waals surface area contributed by atoms with Crippen LogP contribution in [0.25, 0.3) is 0 Å². The lowest BCUT2D eigenvalue weighted by atomic mass is 9.61. The Bertz CT molecular complexity index is 2270. The fraction of sp³-hybridized carbons (Fsp3) is 0.280. The maximum Gasteiger partial charge on any atom is 0.124 e. The molecule has 7 atom stereocenters. The summed E-state index contributed by atoms with van der Waals surface area (Å²) in [5, 5.41) is 0. The zero-order chi connectivity index (χ0) is 34.9. The molecule has 0 radical (unpaired) electrons. The number of rotatable bonds is 4. The Morgan fingerprint density at radius 1 is 0.679 bits per heavy atom. The number of allylic oxidation sites excluding steroid dienone is 14. The van der Waals surface area contributed by atoms with Crippen LogP contribution in [0.3, 0.4) is 0 Å². The van der Waals surface area contributed by atoms with Gasteiger partial charge in [0.05, 0.1) is 6.04 Å². The standard InChI is InChI=1S/C50H45NO2/c1-3-15-32(16-4-1)33-29-30-45-41(31-33)49(47-39-20-8-11-26-43(39)52-44-27-12-9-21-40(44)47)48-36(22-14-28-46(48)53-45)38-24-13-23-37-35-19-7-10-25-42(35)51(50(37)38)34-17-5-2-6-18-34/h1-3,5-13,15,17-23,25-27,31,37-39,43,47,49-50H,4,14,16,24,28-30H2. The van der Waals surface area contributed by atoms with Gasteiger partial charge >= 0.3 is 0 Å². The van der Waals surface area contributed by atoms with E-state index in [0.29, 0.717) is 11.8 Å². The number of hydrogen-bond donors (Lipinski definition) is 0. The fourth-order valence-corrected chi connectivity index (χ4v) is 11.0. The van der Waals surface area contributed by atoms with Gasteiger partial charge in [-0.25, -0.2) is 0 Å². The molecule has 0 fully saturated rings. The van der Waals surface area contributed by atoms with Crippen LogP contribution in [-0.2, 0) is 4.74 Å². The Hall–Kier alpha value is -5.28. The predicted molar refractivity (Wildman–Crippen MR) is 214 cm³/mol. The largest absolute Gasteiger partial charge is 0.485 e. The summed E-state index contributed by atoms with van der Waals surface area (Å²) in [5.74, 6) is 4.65. The predicted octanol–water partition coefficient (Wildman–Crippen LogP) is 12.0. The van der Waals surface area contributed by atoms with Gasteiger partial charge < -0.3 is 14.4 Å². The van der Waals surface area contributed by atoms with E-state index < -0.39 is 0 Å². The molecule has 0 amide bonds. The third kappa shape index (κ3) is 5.00. The average Bonchev–Trinajstić information content (AvgIpc) is 3.57. The molecule has 0 spiro atoms. The van der Waals surface area contributed by atoms with Gasteiger partial charge in [0.2, 0.25) is 0 Å². The minimum absolute atomic E-state index is 0.00462. The van der Waals surface area contributed by atoms with Crippen LogP contribution in [0.5, 0.6) is 5.75 Å². The molecule has 3 heterocycles. The molecule has 7 unspecified atom stereocenters. The first-order valence-electron chi connectivity index (χ1n) is 19.9. The van der Waals surface area contributed by atoms with Gasteiger partial charge in [-0.2, -0.15) is 0 Å². The van der Waals surface area contributed by atoms with E-state index in [-0.39, 0.29) is 29.9 Å². The molecule has 3 aromatic rings. The van der Waals surface area contributed by atoms with E-state index in [1.54, 1.807) is 0 Å². The van der Waals surface area contributed by atoms with E-state index in [0.717, 1.165) is 50.7 Å². The summed E-state index contributed by atoms with van der Waals surface area (Å²) in [6.07, 6.45) is 33.4. The van der Waals surface area contributed by atoms with Gasteiger partial charge in [0.25, 0.3) is 0 Å². The highest BCUT2D eigenvalue weighted by molar-refractivity contribution is 5.75. The first kappa shape index (κ1) is 31.3. The van der Waals surface area contributed by atoms with Crippen molar-refractivity contribution >= 4 is 11.4 Å². The molecule has 3 heteroatoms. The van der Waals surface area contributed by atoms with Crippen LogP contribution >= 0.6 is 0 Å². The highest BCUT2D eigenvalue weighted by Crippen LogP contribution is 2.60. The van der Waals surface area contributed by atoms with Crippen molar-refractivity contribution in [1.29, 1.82) is 0 Å². The van der Waals surface area contributed by atoms with Crippen LogP contribution in [0, 0.1) is 17.8 Å². The minimum Gasteiger partial charge on any atom is -0.485 e. The quantitative estimate of drug-likeness (QED) is 0.254. The van der Waals surface area contributed by atoms with Crippen LogP contribution in [0.2, 0.25) is 0 Å². The van der Waals surface area contributed by atoms with Crippen molar-refractivity contribution in [1.82, 2.24) is 0 Å². The Morgan fingerprint density at radius 3 is 2.43 bits per heavy atom. The molecular weight excluding hydrogens is 647 g/mol. The fourth-order valence-electron chi connectivity index (χ4n) is 11.0. The molecule has 3 nitrogen and oxygen atoms in total. The molecule has 3 aliphatic heterocycles. The van der Waals surface area contributed by atoms with Crippen LogP contribution in [0.4, 0.5) is 11.4 Å².